The molecule has 3 atom stereocenters. The van der Waals surface area contributed by atoms with Crippen LogP contribution in [0.15, 0.2) is 0 Å². The van der Waals surface area contributed by atoms with Crippen LogP contribution in [-0.4, -0.2) is 67.3 Å². The third-order valence-corrected chi connectivity index (χ3v) is 5.75. The van der Waals surface area contributed by atoms with Gasteiger partial charge < -0.3 is 10.5 Å². The van der Waals surface area contributed by atoms with Crippen LogP contribution in [0.25, 0.3) is 0 Å². The minimum Gasteiger partial charge on any atom is -0.381 e. The first-order valence-electron chi connectivity index (χ1n) is 7.99. The molecule has 3 rings (SSSR count). The van der Waals surface area contributed by atoms with Gasteiger partial charge in [-0.2, -0.15) is 0 Å². The topological polar surface area (TPSA) is 41.7 Å². The highest BCUT2D eigenvalue weighted by atomic mass is 16.5. The Labute approximate surface area is 117 Å². The van der Waals surface area contributed by atoms with Gasteiger partial charge in [0.1, 0.15) is 0 Å². The highest BCUT2D eigenvalue weighted by Gasteiger charge is 2.43. The molecule has 0 aromatic carbocycles. The van der Waals surface area contributed by atoms with Crippen LogP contribution in [0.5, 0.6) is 0 Å². The van der Waals surface area contributed by atoms with Gasteiger partial charge in [-0.1, -0.05) is 0 Å². The third kappa shape index (κ3) is 2.56. The number of piperazine rings is 1. The van der Waals surface area contributed by atoms with Gasteiger partial charge in [-0.15, -0.1) is 0 Å². The molecule has 0 amide bonds. The Hall–Kier alpha value is -0.160. The molecule has 3 fully saturated rings. The largest absolute Gasteiger partial charge is 0.381 e. The molecule has 4 nitrogen and oxygen atoms in total. The van der Waals surface area contributed by atoms with Crippen LogP contribution in [0.4, 0.5) is 0 Å². The van der Waals surface area contributed by atoms with E-state index in [1.807, 2.05) is 7.11 Å². The summed E-state index contributed by atoms with van der Waals surface area (Å²) in [5.74, 6) is 0. The van der Waals surface area contributed by atoms with Crippen LogP contribution in [0.2, 0.25) is 0 Å². The van der Waals surface area contributed by atoms with Crippen molar-refractivity contribution in [1.82, 2.24) is 9.80 Å². The average molecular weight is 267 g/mol. The molecule has 1 aliphatic carbocycles. The van der Waals surface area contributed by atoms with Gasteiger partial charge in [-0.3, -0.25) is 9.80 Å². The standard InChI is InChI=1S/C15H29N3O/c1-19-14-5-2-6-15(10-14,12-16)18-9-8-17-7-3-4-13(17)11-18/h13-14H,2-12,16H2,1H3. The number of methoxy groups -OCH3 is 1. The Bertz CT molecular complexity index is 312. The second-order valence-electron chi connectivity index (χ2n) is 6.66. The van der Waals surface area contributed by atoms with Gasteiger partial charge in [0.05, 0.1) is 6.10 Å². The molecule has 2 aliphatic heterocycles. The summed E-state index contributed by atoms with van der Waals surface area (Å²) in [6, 6.07) is 0.792. The fourth-order valence-corrected chi connectivity index (χ4v) is 4.51. The molecule has 1 saturated carbocycles. The average Bonchev–Trinajstić information content (AvgIpc) is 2.94. The Kier molecular flexibility index (Phi) is 4.13. The van der Waals surface area contributed by atoms with Crippen molar-refractivity contribution >= 4 is 0 Å². The quantitative estimate of drug-likeness (QED) is 0.830. The summed E-state index contributed by atoms with van der Waals surface area (Å²) in [5.41, 5.74) is 6.43. The van der Waals surface area contributed by atoms with Crippen LogP contribution in [-0.2, 0) is 4.74 Å². The van der Waals surface area contributed by atoms with E-state index in [0.717, 1.165) is 19.0 Å². The lowest BCUT2D eigenvalue weighted by Gasteiger charge is -2.52. The number of ether oxygens (including phenoxy) is 1. The highest BCUT2D eigenvalue weighted by Crippen LogP contribution is 2.36. The zero-order valence-electron chi connectivity index (χ0n) is 12.3. The van der Waals surface area contributed by atoms with E-state index in [2.05, 4.69) is 9.80 Å². The summed E-state index contributed by atoms with van der Waals surface area (Å²) in [6.07, 6.45) is 8.05. The summed E-state index contributed by atoms with van der Waals surface area (Å²) >= 11 is 0. The molecule has 2 N–H and O–H groups in total. The van der Waals surface area contributed by atoms with Crippen molar-refractivity contribution in [2.24, 2.45) is 5.73 Å². The molecular formula is C15H29N3O. The molecule has 110 valence electrons. The third-order valence-electron chi connectivity index (χ3n) is 5.75. The van der Waals surface area contributed by atoms with Gasteiger partial charge in [-0.05, 0) is 45.1 Å². The molecule has 0 radical (unpaired) electrons. The molecule has 3 aliphatic rings. The minimum atomic E-state index is 0.216. The zero-order valence-corrected chi connectivity index (χ0v) is 12.3. The van der Waals surface area contributed by atoms with E-state index in [4.69, 9.17) is 10.5 Å². The summed E-state index contributed by atoms with van der Waals surface area (Å²) in [5, 5.41) is 0. The second-order valence-corrected chi connectivity index (χ2v) is 6.66. The summed E-state index contributed by atoms with van der Waals surface area (Å²) in [4.78, 5) is 5.39. The van der Waals surface area contributed by atoms with E-state index in [1.165, 1.54) is 58.3 Å². The van der Waals surface area contributed by atoms with E-state index in [9.17, 15) is 0 Å². The molecule has 19 heavy (non-hydrogen) atoms. The lowest BCUT2D eigenvalue weighted by Crippen LogP contribution is -2.63. The van der Waals surface area contributed by atoms with Crippen LogP contribution in [0, 0.1) is 0 Å². The molecule has 2 saturated heterocycles. The first-order valence-corrected chi connectivity index (χ1v) is 7.99. The maximum Gasteiger partial charge on any atom is 0.0589 e. The zero-order chi connectivity index (χ0) is 13.3. The smallest absolute Gasteiger partial charge is 0.0589 e. The van der Waals surface area contributed by atoms with Crippen molar-refractivity contribution in [1.29, 1.82) is 0 Å². The second kappa shape index (κ2) is 5.68. The van der Waals surface area contributed by atoms with Crippen LogP contribution in [0.3, 0.4) is 0 Å². The Morgan fingerprint density at radius 2 is 2.11 bits per heavy atom. The summed E-state index contributed by atoms with van der Waals surface area (Å²) < 4.78 is 5.63. The van der Waals surface area contributed by atoms with Crippen molar-refractivity contribution in [2.75, 3.05) is 39.8 Å². The van der Waals surface area contributed by atoms with Crippen LogP contribution < -0.4 is 5.73 Å². The molecule has 3 unspecified atom stereocenters. The van der Waals surface area contributed by atoms with Crippen molar-refractivity contribution in [3.05, 3.63) is 0 Å². The van der Waals surface area contributed by atoms with E-state index < -0.39 is 0 Å². The Morgan fingerprint density at radius 1 is 1.21 bits per heavy atom. The van der Waals surface area contributed by atoms with E-state index in [-0.39, 0.29) is 5.54 Å². The van der Waals surface area contributed by atoms with Crippen molar-refractivity contribution in [2.45, 2.75) is 56.2 Å². The van der Waals surface area contributed by atoms with Crippen molar-refractivity contribution in [3.8, 4) is 0 Å². The van der Waals surface area contributed by atoms with Gasteiger partial charge in [0, 0.05) is 44.9 Å². The summed E-state index contributed by atoms with van der Waals surface area (Å²) in [7, 11) is 1.85. The number of hydrogen-bond acceptors (Lipinski definition) is 4. The number of hydrogen-bond donors (Lipinski definition) is 1. The van der Waals surface area contributed by atoms with Gasteiger partial charge in [0.25, 0.3) is 0 Å². The number of rotatable bonds is 3. The molecule has 0 spiro atoms. The predicted molar refractivity (Wildman–Crippen MR) is 77.2 cm³/mol. The van der Waals surface area contributed by atoms with E-state index >= 15 is 0 Å². The highest BCUT2D eigenvalue weighted by molar-refractivity contribution is 5.01. The molecule has 2 heterocycles. The maximum atomic E-state index is 6.21. The number of fused-ring (bicyclic) bond motifs is 1. The van der Waals surface area contributed by atoms with Crippen LogP contribution >= 0.6 is 0 Å². The molecule has 0 aromatic heterocycles. The van der Waals surface area contributed by atoms with E-state index in [1.54, 1.807) is 0 Å². The number of nitrogens with zero attached hydrogens (tertiary/aromatic N) is 2. The SMILES string of the molecule is COC1CCCC(CN)(N2CCN3CCCC3C2)C1. The van der Waals surface area contributed by atoms with E-state index in [0.29, 0.717) is 6.10 Å². The molecule has 4 heteroatoms. The Morgan fingerprint density at radius 3 is 2.89 bits per heavy atom. The molecule has 0 aromatic rings. The molecule has 0 bridgehead atoms. The maximum absolute atomic E-state index is 6.21. The fraction of sp³-hybridized carbons (Fsp3) is 1.00. The van der Waals surface area contributed by atoms with Crippen molar-refractivity contribution < 1.29 is 4.74 Å². The lowest BCUT2D eigenvalue weighted by atomic mass is 9.78. The summed E-state index contributed by atoms with van der Waals surface area (Å²) in [6.45, 7) is 5.77. The Balaban J connectivity index is 1.70. The molecular weight excluding hydrogens is 238 g/mol. The predicted octanol–water partition coefficient (Wildman–Crippen LogP) is 1.05. The monoisotopic (exact) mass is 267 g/mol. The van der Waals surface area contributed by atoms with Gasteiger partial charge >= 0.3 is 0 Å². The van der Waals surface area contributed by atoms with Crippen molar-refractivity contribution in [3.63, 3.8) is 0 Å². The van der Waals surface area contributed by atoms with Gasteiger partial charge in [0.15, 0.2) is 0 Å². The van der Waals surface area contributed by atoms with Gasteiger partial charge in [0.2, 0.25) is 0 Å². The van der Waals surface area contributed by atoms with Gasteiger partial charge in [-0.25, -0.2) is 0 Å². The minimum absolute atomic E-state index is 0.216. The first kappa shape index (κ1) is 13.8. The first-order chi connectivity index (χ1) is 9.27. The number of nitrogens with two attached hydrogens (primary N) is 1. The normalized spacial score (nSPS) is 41.4. The van der Waals surface area contributed by atoms with Crippen LogP contribution in [0.1, 0.15) is 38.5 Å². The lowest BCUT2D eigenvalue weighted by molar-refractivity contribution is -0.0473. The fourth-order valence-electron chi connectivity index (χ4n) is 4.51.